The second-order valence-electron chi connectivity index (χ2n) is 5.84. The van der Waals surface area contributed by atoms with E-state index in [1.165, 1.54) is 34.9 Å². The molecule has 0 saturated carbocycles. The number of rotatable bonds is 5. The Morgan fingerprint density at radius 1 is 1.18 bits per heavy atom. The molecule has 1 aliphatic rings. The maximum Gasteiger partial charge on any atom is 0.266 e. The number of amides is 2. The molecule has 1 fully saturated rings. The average molecular weight is 453 g/mol. The van der Waals surface area contributed by atoms with E-state index in [9.17, 15) is 14.7 Å². The molecular weight excluding hydrogens is 439 g/mol. The monoisotopic (exact) mass is 452 g/mol. The van der Waals surface area contributed by atoms with Gasteiger partial charge in [0, 0.05) is 23.0 Å². The van der Waals surface area contributed by atoms with Gasteiger partial charge in [0.05, 0.1) is 10.6 Å². The van der Waals surface area contributed by atoms with Gasteiger partial charge in [0.25, 0.3) is 5.91 Å². The summed E-state index contributed by atoms with van der Waals surface area (Å²) in [6, 6.07) is 11.4. The zero-order valence-electron chi connectivity index (χ0n) is 14.3. The van der Waals surface area contributed by atoms with Crippen molar-refractivity contribution in [1.29, 1.82) is 0 Å². The standard InChI is InChI=1S/C19H14Cl2N2O3S2/c20-12-3-1-11(2-4-12)9-16-18(26)23(19(27)28-16)8-7-17(25)22-14-10-13(21)5-6-15(14)24/h1-6,9-10,24H,7-8H2,(H,22,25)/b16-9-. The number of nitrogens with one attached hydrogen (secondary N) is 1. The van der Waals surface area contributed by atoms with Gasteiger partial charge in [-0.25, -0.2) is 0 Å². The SMILES string of the molecule is O=C(CCN1C(=O)/C(=C/c2ccc(Cl)cc2)SC1=S)Nc1cc(Cl)ccc1O. The summed E-state index contributed by atoms with van der Waals surface area (Å²) in [5, 5.41) is 13.3. The van der Waals surface area contributed by atoms with Crippen molar-refractivity contribution < 1.29 is 14.7 Å². The number of thioether (sulfide) groups is 1. The van der Waals surface area contributed by atoms with Crippen LogP contribution in [0, 0.1) is 0 Å². The molecule has 0 spiro atoms. The van der Waals surface area contributed by atoms with E-state index in [0.717, 1.165) is 5.56 Å². The predicted octanol–water partition coefficient (Wildman–Crippen LogP) is 4.93. The fourth-order valence-electron chi connectivity index (χ4n) is 2.44. The first kappa shape index (κ1) is 20.7. The van der Waals surface area contributed by atoms with Crippen molar-refractivity contribution in [2.45, 2.75) is 6.42 Å². The molecule has 2 aromatic carbocycles. The Morgan fingerprint density at radius 2 is 1.86 bits per heavy atom. The summed E-state index contributed by atoms with van der Waals surface area (Å²) in [4.78, 5) is 26.6. The maximum atomic E-state index is 12.6. The summed E-state index contributed by atoms with van der Waals surface area (Å²) in [6.07, 6.45) is 1.76. The molecule has 0 aromatic heterocycles. The third kappa shape index (κ3) is 5.05. The highest BCUT2D eigenvalue weighted by Crippen LogP contribution is 2.33. The number of hydrogen-bond donors (Lipinski definition) is 2. The van der Waals surface area contributed by atoms with E-state index >= 15 is 0 Å². The Balaban J connectivity index is 1.62. The molecule has 9 heteroatoms. The van der Waals surface area contributed by atoms with Crippen molar-refractivity contribution in [3.8, 4) is 5.75 Å². The molecule has 0 aliphatic carbocycles. The molecule has 28 heavy (non-hydrogen) atoms. The van der Waals surface area contributed by atoms with Crippen LogP contribution in [0.5, 0.6) is 5.75 Å². The lowest BCUT2D eigenvalue weighted by molar-refractivity contribution is -0.122. The highest BCUT2D eigenvalue weighted by atomic mass is 35.5. The van der Waals surface area contributed by atoms with Crippen LogP contribution in [0.1, 0.15) is 12.0 Å². The molecule has 2 aromatic rings. The van der Waals surface area contributed by atoms with Crippen LogP contribution in [0.2, 0.25) is 10.0 Å². The molecule has 0 unspecified atom stereocenters. The van der Waals surface area contributed by atoms with E-state index in [1.54, 1.807) is 30.3 Å². The zero-order valence-corrected chi connectivity index (χ0v) is 17.5. The minimum Gasteiger partial charge on any atom is -0.506 e. The Kier molecular flexibility index (Phi) is 6.61. The lowest BCUT2D eigenvalue weighted by Gasteiger charge is -2.14. The number of phenolic OH excluding ortho intramolecular Hbond substituents is 1. The van der Waals surface area contributed by atoms with Gasteiger partial charge in [0.15, 0.2) is 0 Å². The van der Waals surface area contributed by atoms with Crippen molar-refractivity contribution in [2.75, 3.05) is 11.9 Å². The first-order valence-corrected chi connectivity index (χ1v) is 10.1. The summed E-state index contributed by atoms with van der Waals surface area (Å²) < 4.78 is 0.392. The van der Waals surface area contributed by atoms with Gasteiger partial charge >= 0.3 is 0 Å². The number of anilines is 1. The summed E-state index contributed by atoms with van der Waals surface area (Å²) in [6.45, 7) is 0.135. The lowest BCUT2D eigenvalue weighted by Crippen LogP contribution is -2.31. The fourth-order valence-corrected chi connectivity index (χ4v) is 4.04. The molecule has 0 atom stereocenters. The predicted molar refractivity (Wildman–Crippen MR) is 118 cm³/mol. The van der Waals surface area contributed by atoms with Crippen LogP contribution in [0.25, 0.3) is 6.08 Å². The van der Waals surface area contributed by atoms with Crippen molar-refractivity contribution in [3.63, 3.8) is 0 Å². The average Bonchev–Trinajstić information content (AvgIpc) is 2.91. The fraction of sp³-hybridized carbons (Fsp3) is 0.105. The molecule has 0 bridgehead atoms. The quantitative estimate of drug-likeness (QED) is 0.382. The number of carbonyl (C=O) groups excluding carboxylic acids is 2. The Bertz CT molecular complexity index is 978. The third-order valence-electron chi connectivity index (χ3n) is 3.84. The van der Waals surface area contributed by atoms with Crippen molar-refractivity contribution >= 4 is 75.1 Å². The molecule has 2 N–H and O–H groups in total. The largest absolute Gasteiger partial charge is 0.506 e. The van der Waals surface area contributed by atoms with Gasteiger partial charge in [-0.15, -0.1) is 0 Å². The second kappa shape index (κ2) is 8.96. The smallest absolute Gasteiger partial charge is 0.266 e. The Labute approximate surface area is 181 Å². The highest BCUT2D eigenvalue weighted by molar-refractivity contribution is 8.26. The molecule has 5 nitrogen and oxygen atoms in total. The summed E-state index contributed by atoms with van der Waals surface area (Å²) in [7, 11) is 0. The van der Waals surface area contributed by atoms with Crippen LogP contribution in [0.15, 0.2) is 47.4 Å². The van der Waals surface area contributed by atoms with E-state index in [2.05, 4.69) is 5.32 Å². The number of thiocarbonyl (C=S) groups is 1. The van der Waals surface area contributed by atoms with Gasteiger partial charge in [0.2, 0.25) is 5.91 Å². The highest BCUT2D eigenvalue weighted by Gasteiger charge is 2.32. The maximum absolute atomic E-state index is 12.6. The first-order valence-electron chi connectivity index (χ1n) is 8.13. The normalized spacial score (nSPS) is 15.4. The zero-order chi connectivity index (χ0) is 20.3. The Hall–Kier alpha value is -2.06. The van der Waals surface area contributed by atoms with Gasteiger partial charge in [-0.1, -0.05) is 59.3 Å². The van der Waals surface area contributed by atoms with Crippen LogP contribution in [-0.4, -0.2) is 32.7 Å². The molecule has 1 heterocycles. The number of nitrogens with zero attached hydrogens (tertiary/aromatic N) is 1. The molecule has 0 radical (unpaired) electrons. The molecule has 144 valence electrons. The summed E-state index contributed by atoms with van der Waals surface area (Å²) >= 11 is 18.2. The number of carbonyl (C=O) groups is 2. The van der Waals surface area contributed by atoms with Crippen LogP contribution in [-0.2, 0) is 9.59 Å². The van der Waals surface area contributed by atoms with E-state index in [0.29, 0.717) is 19.3 Å². The van der Waals surface area contributed by atoms with Crippen LogP contribution in [0.4, 0.5) is 5.69 Å². The van der Waals surface area contributed by atoms with Gasteiger partial charge in [-0.3, -0.25) is 14.5 Å². The second-order valence-corrected chi connectivity index (χ2v) is 8.39. The van der Waals surface area contributed by atoms with Gasteiger partial charge in [-0.05, 0) is 42.0 Å². The topological polar surface area (TPSA) is 69.6 Å². The molecular formula is C19H14Cl2N2O3S2. The molecule has 3 rings (SSSR count). The van der Waals surface area contributed by atoms with E-state index < -0.39 is 0 Å². The lowest BCUT2D eigenvalue weighted by atomic mass is 10.2. The number of benzene rings is 2. The summed E-state index contributed by atoms with van der Waals surface area (Å²) in [5.41, 5.74) is 1.05. The van der Waals surface area contributed by atoms with Crippen LogP contribution in [0.3, 0.4) is 0 Å². The van der Waals surface area contributed by atoms with Gasteiger partial charge in [0.1, 0.15) is 10.1 Å². The molecule has 2 amide bonds. The van der Waals surface area contributed by atoms with E-state index in [4.69, 9.17) is 35.4 Å². The molecule has 1 aliphatic heterocycles. The Morgan fingerprint density at radius 3 is 2.57 bits per heavy atom. The third-order valence-corrected chi connectivity index (χ3v) is 5.70. The first-order chi connectivity index (χ1) is 13.3. The number of aromatic hydroxyl groups is 1. The summed E-state index contributed by atoms with van der Waals surface area (Å²) in [5.74, 6) is -0.703. The van der Waals surface area contributed by atoms with Crippen LogP contribution >= 0.6 is 47.2 Å². The minimum absolute atomic E-state index is 0.0205. The van der Waals surface area contributed by atoms with Crippen molar-refractivity contribution in [3.05, 3.63) is 63.0 Å². The van der Waals surface area contributed by atoms with Crippen molar-refractivity contribution in [2.24, 2.45) is 0 Å². The molecule has 1 saturated heterocycles. The number of halogens is 2. The van der Waals surface area contributed by atoms with E-state index in [1.807, 2.05) is 0 Å². The van der Waals surface area contributed by atoms with Gasteiger partial charge in [-0.2, -0.15) is 0 Å². The minimum atomic E-state index is -0.367. The number of phenols is 1. The van der Waals surface area contributed by atoms with Gasteiger partial charge < -0.3 is 10.4 Å². The van der Waals surface area contributed by atoms with Crippen molar-refractivity contribution in [1.82, 2.24) is 4.90 Å². The van der Waals surface area contributed by atoms with Crippen LogP contribution < -0.4 is 5.32 Å². The number of hydrogen-bond acceptors (Lipinski definition) is 5. The van der Waals surface area contributed by atoms with E-state index in [-0.39, 0.29) is 36.2 Å².